The summed E-state index contributed by atoms with van der Waals surface area (Å²) in [5.74, 6) is 0.682. The zero-order valence-electron chi connectivity index (χ0n) is 12.0. The number of H-pyrrole nitrogens is 1. The summed E-state index contributed by atoms with van der Waals surface area (Å²) in [5, 5.41) is 7.05. The van der Waals surface area contributed by atoms with Crippen molar-refractivity contribution in [3.8, 4) is 0 Å². The Hall–Kier alpha value is -1.36. The van der Waals surface area contributed by atoms with E-state index >= 15 is 0 Å². The van der Waals surface area contributed by atoms with Crippen molar-refractivity contribution in [1.29, 1.82) is 0 Å². The Morgan fingerprint density at radius 1 is 1.30 bits per heavy atom. The number of nitrogens with one attached hydrogen (secondary N) is 1. The molecule has 1 aromatic heterocycles. The number of hydrogen-bond donors (Lipinski definition) is 2. The van der Waals surface area contributed by atoms with Gasteiger partial charge >= 0.3 is 0 Å². The highest BCUT2D eigenvalue weighted by molar-refractivity contribution is 5.86. The molecule has 110 valence electrons. The molecule has 3 N–H and O–H groups in total. The van der Waals surface area contributed by atoms with E-state index in [0.717, 1.165) is 51.6 Å². The van der Waals surface area contributed by atoms with Crippen LogP contribution in [0.5, 0.6) is 0 Å². The maximum Gasteiger partial charge on any atom is 0.242 e. The molecule has 0 unspecified atom stereocenters. The maximum atomic E-state index is 12.6. The Kier molecular flexibility index (Phi) is 3.78. The second-order valence-electron chi connectivity index (χ2n) is 6.30. The summed E-state index contributed by atoms with van der Waals surface area (Å²) in [6.45, 7) is 1.64. The Morgan fingerprint density at radius 3 is 2.60 bits per heavy atom. The number of nitrogens with two attached hydrogens (primary N) is 1. The van der Waals surface area contributed by atoms with Crippen LogP contribution in [-0.4, -0.2) is 39.6 Å². The van der Waals surface area contributed by atoms with Gasteiger partial charge in [-0.25, -0.2) is 0 Å². The summed E-state index contributed by atoms with van der Waals surface area (Å²) >= 11 is 0. The van der Waals surface area contributed by atoms with E-state index in [1.807, 2.05) is 11.0 Å². The van der Waals surface area contributed by atoms with Crippen LogP contribution in [0.2, 0.25) is 0 Å². The number of likely N-dealkylation sites (tertiary alicyclic amines) is 1. The van der Waals surface area contributed by atoms with Crippen molar-refractivity contribution in [3.63, 3.8) is 0 Å². The molecule has 5 nitrogen and oxygen atoms in total. The number of hydrogen-bond acceptors (Lipinski definition) is 3. The zero-order valence-corrected chi connectivity index (χ0v) is 12.0. The fourth-order valence-electron chi connectivity index (χ4n) is 3.60. The van der Waals surface area contributed by atoms with Gasteiger partial charge in [0.15, 0.2) is 0 Å². The Morgan fingerprint density at radius 2 is 2.00 bits per heavy atom. The summed E-state index contributed by atoms with van der Waals surface area (Å²) < 4.78 is 0. The first-order valence-electron chi connectivity index (χ1n) is 7.76. The van der Waals surface area contributed by atoms with Crippen molar-refractivity contribution in [2.45, 2.75) is 56.4 Å². The Labute approximate surface area is 119 Å². The topological polar surface area (TPSA) is 75.0 Å². The molecular weight excluding hydrogens is 252 g/mol. The number of carbonyl (C=O) groups is 1. The van der Waals surface area contributed by atoms with Crippen LogP contribution in [0.25, 0.3) is 0 Å². The fraction of sp³-hybridized carbons (Fsp3) is 0.733. The molecule has 20 heavy (non-hydrogen) atoms. The van der Waals surface area contributed by atoms with Gasteiger partial charge in [0.2, 0.25) is 5.91 Å². The summed E-state index contributed by atoms with van der Waals surface area (Å²) in [5.41, 5.74) is 6.96. The van der Waals surface area contributed by atoms with Crippen LogP contribution in [0.4, 0.5) is 0 Å². The molecule has 2 fully saturated rings. The van der Waals surface area contributed by atoms with Crippen LogP contribution in [0.1, 0.15) is 56.6 Å². The van der Waals surface area contributed by atoms with Gasteiger partial charge in [-0.05, 0) is 31.7 Å². The molecule has 0 spiro atoms. The van der Waals surface area contributed by atoms with Crippen molar-refractivity contribution >= 4 is 5.91 Å². The SMILES string of the molecule is NC1(C(=O)N2CCC(c3ccn[nH]3)CC2)CCCCC1. The maximum absolute atomic E-state index is 12.6. The lowest BCUT2D eigenvalue weighted by Crippen LogP contribution is -2.57. The zero-order chi connectivity index (χ0) is 14.0. The van der Waals surface area contributed by atoms with Crippen molar-refractivity contribution in [2.75, 3.05) is 13.1 Å². The standard InChI is InChI=1S/C15H24N4O/c16-15(7-2-1-3-8-15)14(20)19-10-5-12(6-11-19)13-4-9-17-18-13/h4,9,12H,1-3,5-8,10-11,16H2,(H,17,18). The highest BCUT2D eigenvalue weighted by Crippen LogP contribution is 2.31. The number of rotatable bonds is 2. The van der Waals surface area contributed by atoms with Crippen molar-refractivity contribution in [1.82, 2.24) is 15.1 Å². The monoisotopic (exact) mass is 276 g/mol. The van der Waals surface area contributed by atoms with E-state index < -0.39 is 5.54 Å². The minimum absolute atomic E-state index is 0.181. The highest BCUT2D eigenvalue weighted by atomic mass is 16.2. The van der Waals surface area contributed by atoms with Crippen LogP contribution in [0.15, 0.2) is 12.3 Å². The van der Waals surface area contributed by atoms with E-state index in [0.29, 0.717) is 5.92 Å². The molecule has 0 radical (unpaired) electrons. The summed E-state index contributed by atoms with van der Waals surface area (Å²) in [7, 11) is 0. The van der Waals surface area contributed by atoms with Crippen molar-refractivity contribution < 1.29 is 4.79 Å². The lowest BCUT2D eigenvalue weighted by Gasteiger charge is -2.39. The molecule has 1 saturated heterocycles. The Balaban J connectivity index is 1.59. The van der Waals surface area contributed by atoms with Crippen molar-refractivity contribution in [2.24, 2.45) is 5.73 Å². The first kappa shape index (κ1) is 13.6. The van der Waals surface area contributed by atoms with Crippen LogP contribution in [-0.2, 0) is 4.79 Å². The van der Waals surface area contributed by atoms with Crippen LogP contribution in [0.3, 0.4) is 0 Å². The lowest BCUT2D eigenvalue weighted by atomic mass is 9.81. The third-order valence-electron chi connectivity index (χ3n) is 4.92. The number of aromatic amines is 1. The largest absolute Gasteiger partial charge is 0.341 e. The molecule has 1 aliphatic carbocycles. The minimum Gasteiger partial charge on any atom is -0.341 e. The van der Waals surface area contributed by atoms with Gasteiger partial charge in [0.05, 0.1) is 5.54 Å². The minimum atomic E-state index is -0.584. The van der Waals surface area contributed by atoms with Gasteiger partial charge < -0.3 is 10.6 Å². The van der Waals surface area contributed by atoms with E-state index in [9.17, 15) is 4.79 Å². The number of piperidine rings is 1. The molecule has 2 aliphatic rings. The quantitative estimate of drug-likeness (QED) is 0.864. The summed E-state index contributed by atoms with van der Waals surface area (Å²) in [6, 6.07) is 2.04. The van der Waals surface area contributed by atoms with E-state index in [-0.39, 0.29) is 5.91 Å². The van der Waals surface area contributed by atoms with Crippen LogP contribution >= 0.6 is 0 Å². The highest BCUT2D eigenvalue weighted by Gasteiger charge is 2.39. The van der Waals surface area contributed by atoms with Gasteiger partial charge in [0, 0.05) is 30.9 Å². The third kappa shape index (κ3) is 2.59. The van der Waals surface area contributed by atoms with E-state index in [1.54, 1.807) is 6.20 Å². The molecule has 1 aromatic rings. The first-order chi connectivity index (χ1) is 9.69. The van der Waals surface area contributed by atoms with Crippen LogP contribution < -0.4 is 5.73 Å². The van der Waals surface area contributed by atoms with Gasteiger partial charge in [-0.2, -0.15) is 5.10 Å². The predicted octanol–water partition coefficient (Wildman–Crippen LogP) is 1.78. The molecule has 0 atom stereocenters. The van der Waals surface area contributed by atoms with E-state index in [2.05, 4.69) is 10.2 Å². The molecule has 1 amide bonds. The van der Waals surface area contributed by atoms with Gasteiger partial charge in [-0.3, -0.25) is 9.89 Å². The first-order valence-corrected chi connectivity index (χ1v) is 7.76. The number of carbonyl (C=O) groups excluding carboxylic acids is 1. The molecule has 1 saturated carbocycles. The number of amides is 1. The van der Waals surface area contributed by atoms with Gasteiger partial charge in [0.1, 0.15) is 0 Å². The normalized spacial score (nSPS) is 23.8. The van der Waals surface area contributed by atoms with Gasteiger partial charge in [-0.1, -0.05) is 19.3 Å². The smallest absolute Gasteiger partial charge is 0.242 e. The molecule has 1 aliphatic heterocycles. The van der Waals surface area contributed by atoms with E-state index in [1.165, 1.54) is 12.1 Å². The summed E-state index contributed by atoms with van der Waals surface area (Å²) in [4.78, 5) is 14.6. The second kappa shape index (κ2) is 5.56. The molecule has 0 bridgehead atoms. The molecule has 0 aromatic carbocycles. The lowest BCUT2D eigenvalue weighted by molar-refractivity contribution is -0.139. The third-order valence-corrected chi connectivity index (χ3v) is 4.92. The number of nitrogens with zero attached hydrogens (tertiary/aromatic N) is 2. The average Bonchev–Trinajstić information content (AvgIpc) is 3.02. The Bertz CT molecular complexity index is 442. The van der Waals surface area contributed by atoms with Crippen LogP contribution in [0, 0.1) is 0 Å². The van der Waals surface area contributed by atoms with Gasteiger partial charge in [-0.15, -0.1) is 0 Å². The molecule has 3 rings (SSSR count). The fourth-order valence-corrected chi connectivity index (χ4v) is 3.60. The summed E-state index contributed by atoms with van der Waals surface area (Å²) in [6.07, 6.45) is 8.91. The van der Waals surface area contributed by atoms with Gasteiger partial charge in [0.25, 0.3) is 0 Å². The second-order valence-corrected chi connectivity index (χ2v) is 6.30. The molecule has 5 heteroatoms. The predicted molar refractivity (Wildman–Crippen MR) is 77.1 cm³/mol. The average molecular weight is 276 g/mol. The number of aromatic nitrogens is 2. The molecule has 2 heterocycles. The molecular formula is C15H24N4O. The van der Waals surface area contributed by atoms with Crippen molar-refractivity contribution in [3.05, 3.63) is 18.0 Å². The van der Waals surface area contributed by atoms with E-state index in [4.69, 9.17) is 5.73 Å².